The van der Waals surface area contributed by atoms with Gasteiger partial charge in [0.1, 0.15) is 5.75 Å². The molecule has 0 heterocycles. The van der Waals surface area contributed by atoms with Crippen molar-refractivity contribution in [3.8, 4) is 5.75 Å². The molecule has 0 aliphatic heterocycles. The van der Waals surface area contributed by atoms with E-state index in [0.717, 1.165) is 11.4 Å². The van der Waals surface area contributed by atoms with Crippen LogP contribution in [-0.2, 0) is 4.79 Å². The number of anilines is 2. The molecule has 6 nitrogen and oxygen atoms in total. The van der Waals surface area contributed by atoms with Crippen LogP contribution in [0, 0.1) is 0 Å². The maximum Gasteiger partial charge on any atom is 0.303 e. The highest BCUT2D eigenvalue weighted by molar-refractivity contribution is 6.00. The van der Waals surface area contributed by atoms with Crippen LogP contribution in [0.1, 0.15) is 30.1 Å². The molecule has 0 bridgehead atoms. The number of rotatable bonds is 8. The van der Waals surface area contributed by atoms with Gasteiger partial charge in [0.2, 0.25) is 0 Å². The predicted molar refractivity (Wildman–Crippen MR) is 96.5 cm³/mol. The molecule has 0 spiro atoms. The second kappa shape index (κ2) is 8.73. The van der Waals surface area contributed by atoms with E-state index in [1.807, 2.05) is 36.4 Å². The van der Waals surface area contributed by atoms with Crippen LogP contribution in [0.25, 0.3) is 0 Å². The SMILES string of the molecule is COc1ccc(Nc2ccccc2C(=O)NC(C)CCC(=O)O)cc1. The third kappa shape index (κ3) is 5.53. The van der Waals surface area contributed by atoms with Gasteiger partial charge in [-0.05, 0) is 49.7 Å². The quantitative estimate of drug-likeness (QED) is 0.684. The number of hydrogen-bond donors (Lipinski definition) is 3. The van der Waals surface area contributed by atoms with E-state index >= 15 is 0 Å². The number of carbonyl (C=O) groups is 2. The number of benzene rings is 2. The van der Waals surface area contributed by atoms with Crippen LogP contribution in [0.15, 0.2) is 48.5 Å². The van der Waals surface area contributed by atoms with Crippen LogP contribution in [0.4, 0.5) is 11.4 Å². The third-order valence-electron chi connectivity index (χ3n) is 3.71. The van der Waals surface area contributed by atoms with Crippen molar-refractivity contribution in [2.45, 2.75) is 25.8 Å². The number of hydrogen-bond acceptors (Lipinski definition) is 4. The van der Waals surface area contributed by atoms with E-state index in [2.05, 4.69) is 10.6 Å². The third-order valence-corrected chi connectivity index (χ3v) is 3.71. The van der Waals surface area contributed by atoms with E-state index in [4.69, 9.17) is 9.84 Å². The minimum atomic E-state index is -0.873. The Kier molecular flexibility index (Phi) is 6.39. The van der Waals surface area contributed by atoms with Gasteiger partial charge in [-0.25, -0.2) is 0 Å². The molecule has 2 aromatic rings. The summed E-state index contributed by atoms with van der Waals surface area (Å²) >= 11 is 0. The topological polar surface area (TPSA) is 87.7 Å². The van der Waals surface area contributed by atoms with E-state index in [9.17, 15) is 9.59 Å². The Morgan fingerprint density at radius 2 is 1.80 bits per heavy atom. The van der Waals surface area contributed by atoms with Crippen molar-refractivity contribution in [2.24, 2.45) is 0 Å². The second-order valence-electron chi connectivity index (χ2n) is 5.71. The Morgan fingerprint density at radius 3 is 2.44 bits per heavy atom. The Bertz CT molecular complexity index is 728. The highest BCUT2D eigenvalue weighted by Crippen LogP contribution is 2.23. The van der Waals surface area contributed by atoms with Gasteiger partial charge in [-0.1, -0.05) is 12.1 Å². The smallest absolute Gasteiger partial charge is 0.303 e. The molecule has 25 heavy (non-hydrogen) atoms. The van der Waals surface area contributed by atoms with E-state index in [0.29, 0.717) is 17.7 Å². The van der Waals surface area contributed by atoms with Gasteiger partial charge in [0.15, 0.2) is 0 Å². The van der Waals surface area contributed by atoms with Crippen molar-refractivity contribution in [1.82, 2.24) is 5.32 Å². The Hall–Kier alpha value is -3.02. The van der Waals surface area contributed by atoms with Gasteiger partial charge in [0, 0.05) is 18.2 Å². The van der Waals surface area contributed by atoms with Crippen molar-refractivity contribution >= 4 is 23.3 Å². The lowest BCUT2D eigenvalue weighted by atomic mass is 10.1. The number of aliphatic carboxylic acids is 1. The molecule has 0 saturated carbocycles. The molecule has 3 N–H and O–H groups in total. The summed E-state index contributed by atoms with van der Waals surface area (Å²) < 4.78 is 5.13. The summed E-state index contributed by atoms with van der Waals surface area (Å²) in [5.74, 6) is -0.360. The number of carbonyl (C=O) groups excluding carboxylic acids is 1. The van der Waals surface area contributed by atoms with E-state index in [1.165, 1.54) is 0 Å². The van der Waals surface area contributed by atoms with Crippen molar-refractivity contribution in [3.05, 3.63) is 54.1 Å². The molecule has 2 aromatic carbocycles. The highest BCUT2D eigenvalue weighted by Gasteiger charge is 2.14. The van der Waals surface area contributed by atoms with E-state index in [1.54, 1.807) is 26.2 Å². The first-order chi connectivity index (χ1) is 12.0. The lowest BCUT2D eigenvalue weighted by molar-refractivity contribution is -0.137. The summed E-state index contributed by atoms with van der Waals surface area (Å²) in [6.45, 7) is 1.79. The van der Waals surface area contributed by atoms with Crippen LogP contribution in [-0.4, -0.2) is 30.1 Å². The number of ether oxygens (including phenoxy) is 1. The molecule has 1 amide bonds. The van der Waals surface area contributed by atoms with Gasteiger partial charge in [0.25, 0.3) is 5.91 Å². The molecule has 0 aliphatic carbocycles. The summed E-state index contributed by atoms with van der Waals surface area (Å²) in [5, 5.41) is 14.8. The molecule has 132 valence electrons. The zero-order chi connectivity index (χ0) is 18.2. The maximum absolute atomic E-state index is 12.5. The second-order valence-corrected chi connectivity index (χ2v) is 5.71. The van der Waals surface area contributed by atoms with Gasteiger partial charge in [-0.3, -0.25) is 9.59 Å². The normalized spacial score (nSPS) is 11.4. The largest absolute Gasteiger partial charge is 0.497 e. The first-order valence-electron chi connectivity index (χ1n) is 8.02. The average molecular weight is 342 g/mol. The molecule has 2 rings (SSSR count). The summed E-state index contributed by atoms with van der Waals surface area (Å²) in [5.41, 5.74) is 2.01. The summed E-state index contributed by atoms with van der Waals surface area (Å²) in [7, 11) is 1.60. The fourth-order valence-corrected chi connectivity index (χ4v) is 2.33. The number of carboxylic acid groups (broad SMARTS) is 1. The molecule has 0 aliphatic rings. The lowest BCUT2D eigenvalue weighted by Crippen LogP contribution is -2.33. The fraction of sp³-hybridized carbons (Fsp3) is 0.263. The zero-order valence-electron chi connectivity index (χ0n) is 14.3. The monoisotopic (exact) mass is 342 g/mol. The van der Waals surface area contributed by atoms with E-state index < -0.39 is 5.97 Å². The Balaban J connectivity index is 2.08. The van der Waals surface area contributed by atoms with Crippen LogP contribution in [0.5, 0.6) is 5.75 Å². The highest BCUT2D eigenvalue weighted by atomic mass is 16.5. The van der Waals surface area contributed by atoms with E-state index in [-0.39, 0.29) is 18.4 Å². The maximum atomic E-state index is 12.5. The standard InChI is InChI=1S/C19H22N2O4/c1-13(7-12-18(22)23)20-19(24)16-5-3-4-6-17(16)21-14-8-10-15(25-2)11-9-14/h3-6,8-11,13,21H,7,12H2,1-2H3,(H,20,24)(H,22,23). The number of nitrogens with one attached hydrogen (secondary N) is 2. The lowest BCUT2D eigenvalue weighted by Gasteiger charge is -2.16. The molecular formula is C19H22N2O4. The van der Waals surface area contributed by atoms with Crippen LogP contribution >= 0.6 is 0 Å². The van der Waals surface area contributed by atoms with Gasteiger partial charge in [0.05, 0.1) is 18.4 Å². The minimum absolute atomic E-state index is 0.0210. The van der Waals surface area contributed by atoms with Gasteiger partial charge in [-0.15, -0.1) is 0 Å². The van der Waals surface area contributed by atoms with Crippen molar-refractivity contribution < 1.29 is 19.4 Å². The van der Waals surface area contributed by atoms with Crippen LogP contribution < -0.4 is 15.4 Å². The molecule has 6 heteroatoms. The first kappa shape index (κ1) is 18.3. The zero-order valence-corrected chi connectivity index (χ0v) is 14.3. The molecule has 1 atom stereocenters. The first-order valence-corrected chi connectivity index (χ1v) is 8.02. The van der Waals surface area contributed by atoms with Crippen molar-refractivity contribution in [3.63, 3.8) is 0 Å². The summed E-state index contributed by atoms with van der Waals surface area (Å²) in [4.78, 5) is 23.1. The van der Waals surface area contributed by atoms with Gasteiger partial charge < -0.3 is 20.5 Å². The molecule has 1 unspecified atom stereocenters. The predicted octanol–water partition coefficient (Wildman–Crippen LogP) is 3.42. The number of para-hydroxylation sites is 1. The average Bonchev–Trinajstić information content (AvgIpc) is 2.61. The van der Waals surface area contributed by atoms with Gasteiger partial charge in [-0.2, -0.15) is 0 Å². The van der Waals surface area contributed by atoms with Crippen LogP contribution in [0.2, 0.25) is 0 Å². The summed E-state index contributed by atoms with van der Waals surface area (Å²) in [6, 6.07) is 14.3. The summed E-state index contributed by atoms with van der Waals surface area (Å²) in [6.07, 6.45) is 0.405. The van der Waals surface area contributed by atoms with Gasteiger partial charge >= 0.3 is 5.97 Å². The number of methoxy groups -OCH3 is 1. The minimum Gasteiger partial charge on any atom is -0.497 e. The molecule has 0 fully saturated rings. The molecule has 0 aromatic heterocycles. The molecule has 0 saturated heterocycles. The Morgan fingerprint density at radius 1 is 1.12 bits per heavy atom. The molecular weight excluding hydrogens is 320 g/mol. The van der Waals surface area contributed by atoms with Crippen molar-refractivity contribution in [2.75, 3.05) is 12.4 Å². The number of carboxylic acids is 1. The fourth-order valence-electron chi connectivity index (χ4n) is 2.33. The van der Waals surface area contributed by atoms with Crippen molar-refractivity contribution in [1.29, 1.82) is 0 Å². The number of amides is 1. The van der Waals surface area contributed by atoms with Crippen LogP contribution in [0.3, 0.4) is 0 Å². The molecule has 0 radical (unpaired) electrons. The Labute approximate surface area is 146 Å².